The second kappa shape index (κ2) is 18.0. The lowest BCUT2D eigenvalue weighted by Crippen LogP contribution is -1.95. The predicted octanol–water partition coefficient (Wildman–Crippen LogP) is 21.4. The van der Waals surface area contributed by atoms with Gasteiger partial charge in [-0.25, -0.2) is 0 Å². The van der Waals surface area contributed by atoms with Crippen molar-refractivity contribution >= 4 is 75.4 Å². The molecule has 0 aliphatic carbocycles. The normalized spacial score (nSPS) is 11.7. The van der Waals surface area contributed by atoms with Crippen molar-refractivity contribution in [1.29, 1.82) is 0 Å². The summed E-state index contributed by atoms with van der Waals surface area (Å²) < 4.78 is 0. The Morgan fingerprint density at radius 1 is 0.132 bits per heavy atom. The van der Waals surface area contributed by atoms with E-state index in [1.54, 1.807) is 0 Å². The zero-order valence-electron chi connectivity index (χ0n) is 41.7. The van der Waals surface area contributed by atoms with Crippen LogP contribution in [0.25, 0.3) is 153 Å². The van der Waals surface area contributed by atoms with E-state index in [1.165, 1.54) is 153 Å². The molecule has 0 saturated heterocycles. The van der Waals surface area contributed by atoms with Crippen LogP contribution < -0.4 is 0 Å². The van der Waals surface area contributed by atoms with Crippen molar-refractivity contribution in [1.82, 2.24) is 0 Å². The van der Waals surface area contributed by atoms with Gasteiger partial charge in [0.15, 0.2) is 0 Å². The molecule has 0 unspecified atom stereocenters. The lowest BCUT2D eigenvalue weighted by molar-refractivity contribution is 1.62. The van der Waals surface area contributed by atoms with Crippen LogP contribution in [0.15, 0.2) is 291 Å². The van der Waals surface area contributed by atoms with Crippen LogP contribution in [0.4, 0.5) is 0 Å². The maximum Gasteiger partial charge on any atom is -0.00201 e. The molecule has 0 radical (unpaired) electrons. The van der Waals surface area contributed by atoms with E-state index >= 15 is 0 Å². The maximum absolute atomic E-state index is 2.55. The summed E-state index contributed by atoms with van der Waals surface area (Å²) in [5.41, 5.74) is 17.0. The molecule has 0 spiro atoms. The first-order chi connectivity index (χ1) is 37.7. The fourth-order valence-corrected chi connectivity index (χ4v) is 12.5. The number of benzene rings is 15. The van der Waals surface area contributed by atoms with Gasteiger partial charge in [-0.3, -0.25) is 0 Å². The van der Waals surface area contributed by atoms with Crippen LogP contribution in [-0.2, 0) is 0 Å². The first kappa shape index (κ1) is 43.7. The average molecular weight is 961 g/mol. The van der Waals surface area contributed by atoms with Gasteiger partial charge < -0.3 is 0 Å². The van der Waals surface area contributed by atoms with Gasteiger partial charge in [0.25, 0.3) is 0 Å². The maximum atomic E-state index is 2.55. The molecule has 0 N–H and O–H groups in total. The zero-order valence-corrected chi connectivity index (χ0v) is 41.7. The van der Waals surface area contributed by atoms with Gasteiger partial charge in [0, 0.05) is 0 Å². The Morgan fingerprint density at radius 2 is 0.513 bits per heavy atom. The third kappa shape index (κ3) is 7.22. The minimum absolute atomic E-state index is 1.18. The van der Waals surface area contributed by atoms with Gasteiger partial charge in [0.1, 0.15) is 0 Å². The summed E-state index contributed by atoms with van der Waals surface area (Å²) in [6.07, 6.45) is 0. The van der Waals surface area contributed by atoms with Gasteiger partial charge in [0.05, 0.1) is 0 Å². The summed E-state index contributed by atoms with van der Waals surface area (Å²) in [7, 11) is 0. The van der Waals surface area contributed by atoms with Gasteiger partial charge in [-0.2, -0.15) is 0 Å². The first-order valence-corrected chi connectivity index (χ1v) is 26.4. The standard InChI is InChI=1S/C76H48/c1-3-17-49(18-4-1)59-43-44-67-69(46-59)74(57-40-36-54(37-41-57)64-32-16-26-52-21-10-12-28-62(52)64)71-47-68-65-29-13-14-30-66(65)76(60-42-33-50-19-7-8-24-58(50)45-60)75(55-22-5-2-6-23-55)70(68)48-72(71)73(67)56-38-34-53(35-39-56)63-31-15-25-51-20-9-11-27-61(51)63/h1-48H. The molecule has 0 aliphatic rings. The second-order valence-electron chi connectivity index (χ2n) is 20.3. The SMILES string of the molecule is c1ccc(-c2ccc3c(-c4ccc(-c5cccc6ccccc56)cc4)c4cc5c(-c6ccccc6)c(-c6ccc7ccccc7c6)c6ccccc6c5cc4c(-c4ccc(-c5cccc6ccccc56)cc4)c3c2)cc1. The van der Waals surface area contributed by atoms with Crippen molar-refractivity contribution in [2.45, 2.75) is 0 Å². The summed E-state index contributed by atoms with van der Waals surface area (Å²) >= 11 is 0. The van der Waals surface area contributed by atoms with Crippen LogP contribution in [0.2, 0.25) is 0 Å². The van der Waals surface area contributed by atoms with E-state index in [4.69, 9.17) is 0 Å². The fourth-order valence-electron chi connectivity index (χ4n) is 12.5. The molecule has 352 valence electrons. The molecule has 0 bridgehead atoms. The third-order valence-electron chi connectivity index (χ3n) is 16.0. The monoisotopic (exact) mass is 960 g/mol. The molecule has 0 aliphatic heterocycles. The van der Waals surface area contributed by atoms with E-state index in [-0.39, 0.29) is 0 Å². The summed E-state index contributed by atoms with van der Waals surface area (Å²) in [5, 5.41) is 17.3. The van der Waals surface area contributed by atoms with Crippen LogP contribution in [0, 0.1) is 0 Å². The van der Waals surface area contributed by atoms with Gasteiger partial charge >= 0.3 is 0 Å². The van der Waals surface area contributed by atoms with E-state index in [1.807, 2.05) is 0 Å². The smallest absolute Gasteiger partial charge is 0.00201 e. The van der Waals surface area contributed by atoms with E-state index in [2.05, 4.69) is 291 Å². The van der Waals surface area contributed by atoms with E-state index in [0.717, 1.165) is 0 Å². The highest BCUT2D eigenvalue weighted by Crippen LogP contribution is 2.51. The van der Waals surface area contributed by atoms with Crippen molar-refractivity contribution < 1.29 is 0 Å². The minimum atomic E-state index is 1.18. The highest BCUT2D eigenvalue weighted by Gasteiger charge is 2.24. The van der Waals surface area contributed by atoms with Crippen molar-refractivity contribution in [3.63, 3.8) is 0 Å². The molecular weight excluding hydrogens is 913 g/mol. The molecule has 0 nitrogen and oxygen atoms in total. The van der Waals surface area contributed by atoms with Crippen LogP contribution in [0.1, 0.15) is 0 Å². The molecule has 0 atom stereocenters. The molecule has 0 heteroatoms. The molecule has 15 aromatic rings. The lowest BCUT2D eigenvalue weighted by Gasteiger charge is -2.23. The van der Waals surface area contributed by atoms with Crippen LogP contribution in [0.3, 0.4) is 0 Å². The highest BCUT2D eigenvalue weighted by atomic mass is 14.3. The predicted molar refractivity (Wildman–Crippen MR) is 327 cm³/mol. The highest BCUT2D eigenvalue weighted by molar-refractivity contribution is 6.29. The quantitative estimate of drug-likeness (QED) is 0.110. The molecule has 0 amide bonds. The Morgan fingerprint density at radius 3 is 1.13 bits per heavy atom. The zero-order chi connectivity index (χ0) is 50.1. The lowest BCUT2D eigenvalue weighted by atomic mass is 9.80. The molecule has 76 heavy (non-hydrogen) atoms. The fraction of sp³-hybridized carbons (Fsp3) is 0. The number of rotatable bonds is 7. The van der Waals surface area contributed by atoms with Crippen LogP contribution in [0.5, 0.6) is 0 Å². The Balaban J connectivity index is 1.08. The van der Waals surface area contributed by atoms with Gasteiger partial charge in [-0.05, 0) is 178 Å². The first-order valence-electron chi connectivity index (χ1n) is 26.4. The Hall–Kier alpha value is -9.88. The van der Waals surface area contributed by atoms with Crippen molar-refractivity contribution in [2.75, 3.05) is 0 Å². The van der Waals surface area contributed by atoms with E-state index in [0.29, 0.717) is 0 Å². The number of hydrogen-bond acceptors (Lipinski definition) is 0. The molecule has 15 rings (SSSR count). The van der Waals surface area contributed by atoms with Gasteiger partial charge in [0.2, 0.25) is 0 Å². The topological polar surface area (TPSA) is 0 Å². The Kier molecular flexibility index (Phi) is 10.3. The van der Waals surface area contributed by atoms with Crippen LogP contribution >= 0.6 is 0 Å². The largest absolute Gasteiger partial charge is 0.0622 e. The minimum Gasteiger partial charge on any atom is -0.0622 e. The number of fused-ring (bicyclic) bond motifs is 8. The molecule has 0 heterocycles. The third-order valence-corrected chi connectivity index (χ3v) is 16.0. The summed E-state index contributed by atoms with van der Waals surface area (Å²) in [6, 6.07) is 108. The Labute approximate surface area is 442 Å². The van der Waals surface area contributed by atoms with Crippen molar-refractivity contribution in [3.05, 3.63) is 291 Å². The Bertz CT molecular complexity index is 4750. The van der Waals surface area contributed by atoms with E-state index < -0.39 is 0 Å². The molecular formula is C76H48. The molecule has 0 saturated carbocycles. The summed E-state index contributed by atoms with van der Waals surface area (Å²) in [5.74, 6) is 0. The van der Waals surface area contributed by atoms with Gasteiger partial charge in [-0.1, -0.05) is 267 Å². The average Bonchev–Trinajstić information content (AvgIpc) is 3.50. The second-order valence-corrected chi connectivity index (χ2v) is 20.3. The molecule has 0 aromatic heterocycles. The molecule has 0 fully saturated rings. The summed E-state index contributed by atoms with van der Waals surface area (Å²) in [4.78, 5) is 0. The van der Waals surface area contributed by atoms with Crippen molar-refractivity contribution in [3.8, 4) is 77.9 Å². The van der Waals surface area contributed by atoms with Crippen molar-refractivity contribution in [2.24, 2.45) is 0 Å². The van der Waals surface area contributed by atoms with E-state index in [9.17, 15) is 0 Å². The van der Waals surface area contributed by atoms with Gasteiger partial charge in [-0.15, -0.1) is 0 Å². The van der Waals surface area contributed by atoms with Crippen LogP contribution in [-0.4, -0.2) is 0 Å². The summed E-state index contributed by atoms with van der Waals surface area (Å²) in [6.45, 7) is 0. The molecule has 15 aromatic carbocycles. The number of hydrogen-bond donors (Lipinski definition) is 0.